The maximum atomic E-state index is 11.6. The van der Waals surface area contributed by atoms with E-state index >= 15 is 0 Å². The molecule has 0 bridgehead atoms. The van der Waals surface area contributed by atoms with E-state index < -0.39 is 5.91 Å². The Morgan fingerprint density at radius 2 is 2.35 bits per heavy atom. The summed E-state index contributed by atoms with van der Waals surface area (Å²) in [6, 6.07) is 5.46. The zero-order valence-electron chi connectivity index (χ0n) is 11.3. The van der Waals surface area contributed by atoms with E-state index in [0.29, 0.717) is 23.2 Å². The number of nitrogens with one attached hydrogen (secondary N) is 1. The molecule has 1 aromatic carbocycles. The molecule has 1 aliphatic rings. The van der Waals surface area contributed by atoms with Crippen molar-refractivity contribution in [1.82, 2.24) is 5.32 Å². The van der Waals surface area contributed by atoms with E-state index in [2.05, 4.69) is 5.32 Å². The number of nitrogens with zero attached hydrogens (tertiary/aromatic N) is 1. The Morgan fingerprint density at radius 1 is 1.55 bits per heavy atom. The van der Waals surface area contributed by atoms with Gasteiger partial charge >= 0.3 is 0 Å². The maximum Gasteiger partial charge on any atom is 0.250 e. The zero-order valence-corrected chi connectivity index (χ0v) is 12.1. The minimum absolute atomic E-state index is 0.0214. The molecule has 1 fully saturated rings. The summed E-state index contributed by atoms with van der Waals surface area (Å²) in [5, 5.41) is 13.1. The summed E-state index contributed by atoms with van der Waals surface area (Å²) in [5.41, 5.74) is 6.54. The molecule has 0 aliphatic carbocycles. The van der Waals surface area contributed by atoms with Crippen molar-refractivity contribution in [3.8, 4) is 0 Å². The van der Waals surface area contributed by atoms with Crippen LogP contribution in [0.25, 0.3) is 0 Å². The highest BCUT2D eigenvalue weighted by Crippen LogP contribution is 2.25. The third-order valence-corrected chi connectivity index (χ3v) is 3.77. The summed E-state index contributed by atoms with van der Waals surface area (Å²) in [5.74, 6) is -0.509. The van der Waals surface area contributed by atoms with Crippen molar-refractivity contribution in [2.24, 2.45) is 5.73 Å². The monoisotopic (exact) mass is 297 g/mol. The van der Waals surface area contributed by atoms with Gasteiger partial charge in [0.25, 0.3) is 5.91 Å². The van der Waals surface area contributed by atoms with Gasteiger partial charge in [-0.1, -0.05) is 11.6 Å². The first kappa shape index (κ1) is 15.1. The van der Waals surface area contributed by atoms with Gasteiger partial charge in [-0.3, -0.25) is 4.79 Å². The Hall–Kier alpha value is -1.30. The SMILES string of the molecule is NC(=O)c1cc(Cl)ccc1N(CCO)CC1CCCN1. The minimum Gasteiger partial charge on any atom is -0.395 e. The van der Waals surface area contributed by atoms with Gasteiger partial charge in [-0.15, -0.1) is 0 Å². The van der Waals surface area contributed by atoms with Crippen molar-refractivity contribution < 1.29 is 9.90 Å². The number of aliphatic hydroxyl groups is 1. The van der Waals surface area contributed by atoms with Crippen molar-refractivity contribution in [1.29, 1.82) is 0 Å². The van der Waals surface area contributed by atoms with Crippen LogP contribution in [0.2, 0.25) is 5.02 Å². The molecule has 1 amide bonds. The number of rotatable bonds is 6. The van der Waals surface area contributed by atoms with E-state index in [1.807, 2.05) is 4.90 Å². The highest BCUT2D eigenvalue weighted by atomic mass is 35.5. The lowest BCUT2D eigenvalue weighted by Crippen LogP contribution is -2.40. The lowest BCUT2D eigenvalue weighted by atomic mass is 10.1. The molecule has 110 valence electrons. The molecule has 5 nitrogen and oxygen atoms in total. The highest BCUT2D eigenvalue weighted by molar-refractivity contribution is 6.31. The summed E-state index contributed by atoms with van der Waals surface area (Å²) in [4.78, 5) is 13.6. The largest absolute Gasteiger partial charge is 0.395 e. The first-order chi connectivity index (χ1) is 9.61. The quantitative estimate of drug-likeness (QED) is 0.732. The van der Waals surface area contributed by atoms with Gasteiger partial charge in [-0.25, -0.2) is 0 Å². The molecule has 1 saturated heterocycles. The molecule has 1 aliphatic heterocycles. The summed E-state index contributed by atoms with van der Waals surface area (Å²) >= 11 is 5.92. The normalized spacial score (nSPS) is 18.2. The van der Waals surface area contributed by atoms with Crippen molar-refractivity contribution >= 4 is 23.2 Å². The molecule has 0 saturated carbocycles. The second kappa shape index (κ2) is 6.92. The number of primary amides is 1. The number of benzene rings is 1. The van der Waals surface area contributed by atoms with Crippen LogP contribution in [-0.2, 0) is 0 Å². The Morgan fingerprint density at radius 3 is 2.95 bits per heavy atom. The molecular weight excluding hydrogens is 278 g/mol. The van der Waals surface area contributed by atoms with Gasteiger partial charge in [0.1, 0.15) is 0 Å². The predicted molar refractivity (Wildman–Crippen MR) is 80.3 cm³/mol. The number of amides is 1. The Balaban J connectivity index is 2.25. The number of hydrogen-bond acceptors (Lipinski definition) is 4. The molecule has 0 radical (unpaired) electrons. The fourth-order valence-electron chi connectivity index (χ4n) is 2.59. The Bertz CT molecular complexity index is 475. The van der Waals surface area contributed by atoms with Crippen LogP contribution < -0.4 is 16.0 Å². The van der Waals surface area contributed by atoms with Gasteiger partial charge in [0.05, 0.1) is 12.2 Å². The van der Waals surface area contributed by atoms with Crippen molar-refractivity contribution in [2.45, 2.75) is 18.9 Å². The summed E-state index contributed by atoms with van der Waals surface area (Å²) in [7, 11) is 0. The van der Waals surface area contributed by atoms with Crippen molar-refractivity contribution in [3.63, 3.8) is 0 Å². The lowest BCUT2D eigenvalue weighted by molar-refractivity contribution is 0.100. The predicted octanol–water partition coefficient (Wildman–Crippen LogP) is 0.990. The van der Waals surface area contributed by atoms with Gasteiger partial charge in [-0.2, -0.15) is 0 Å². The summed E-state index contributed by atoms with van der Waals surface area (Å²) in [6.45, 7) is 2.23. The molecule has 1 aromatic rings. The Kier molecular flexibility index (Phi) is 5.23. The molecule has 20 heavy (non-hydrogen) atoms. The van der Waals surface area contributed by atoms with E-state index in [-0.39, 0.29) is 6.61 Å². The summed E-state index contributed by atoms with van der Waals surface area (Å²) in [6.07, 6.45) is 2.25. The third kappa shape index (κ3) is 3.62. The second-order valence-electron chi connectivity index (χ2n) is 4.99. The fraction of sp³-hybridized carbons (Fsp3) is 0.500. The maximum absolute atomic E-state index is 11.6. The first-order valence-electron chi connectivity index (χ1n) is 6.80. The van der Waals surface area contributed by atoms with Crippen LogP contribution in [0.4, 0.5) is 5.69 Å². The van der Waals surface area contributed by atoms with Gasteiger partial charge in [0.2, 0.25) is 0 Å². The summed E-state index contributed by atoms with van der Waals surface area (Å²) < 4.78 is 0. The van der Waals surface area contributed by atoms with Crippen LogP contribution in [-0.4, -0.2) is 43.3 Å². The molecular formula is C14H20ClN3O2. The molecule has 2 rings (SSSR count). The molecule has 0 aromatic heterocycles. The zero-order chi connectivity index (χ0) is 14.5. The number of anilines is 1. The van der Waals surface area contributed by atoms with Crippen LogP contribution in [0.1, 0.15) is 23.2 Å². The van der Waals surface area contributed by atoms with Crippen LogP contribution in [0.15, 0.2) is 18.2 Å². The highest BCUT2D eigenvalue weighted by Gasteiger charge is 2.21. The van der Waals surface area contributed by atoms with E-state index in [9.17, 15) is 9.90 Å². The van der Waals surface area contributed by atoms with Gasteiger partial charge in [-0.05, 0) is 37.6 Å². The van der Waals surface area contributed by atoms with Crippen LogP contribution >= 0.6 is 11.6 Å². The topological polar surface area (TPSA) is 78.6 Å². The first-order valence-corrected chi connectivity index (χ1v) is 7.18. The molecule has 4 N–H and O–H groups in total. The van der Waals surface area contributed by atoms with Crippen molar-refractivity contribution in [3.05, 3.63) is 28.8 Å². The number of carbonyl (C=O) groups is 1. The van der Waals surface area contributed by atoms with Crippen LogP contribution in [0.5, 0.6) is 0 Å². The number of nitrogens with two attached hydrogens (primary N) is 1. The molecule has 0 spiro atoms. The van der Waals surface area contributed by atoms with E-state index in [4.69, 9.17) is 17.3 Å². The third-order valence-electron chi connectivity index (χ3n) is 3.54. The smallest absolute Gasteiger partial charge is 0.250 e. The van der Waals surface area contributed by atoms with E-state index in [0.717, 1.165) is 31.6 Å². The van der Waals surface area contributed by atoms with Gasteiger partial charge in [0, 0.05) is 29.8 Å². The lowest BCUT2D eigenvalue weighted by Gasteiger charge is -2.28. The number of hydrogen-bond donors (Lipinski definition) is 3. The Labute approximate surface area is 123 Å². The molecule has 1 atom stereocenters. The fourth-order valence-corrected chi connectivity index (χ4v) is 2.76. The standard InChI is InChI=1S/C14H20ClN3O2/c15-10-3-4-13(12(8-10)14(16)20)18(6-7-19)9-11-2-1-5-17-11/h3-4,8,11,17,19H,1-2,5-7,9H2,(H2,16,20). The van der Waals surface area contributed by atoms with Crippen molar-refractivity contribution in [2.75, 3.05) is 31.1 Å². The average Bonchev–Trinajstić information content (AvgIpc) is 2.91. The second-order valence-corrected chi connectivity index (χ2v) is 5.43. The number of aliphatic hydroxyl groups excluding tert-OH is 1. The number of halogens is 1. The molecule has 1 unspecified atom stereocenters. The van der Waals surface area contributed by atoms with Crippen LogP contribution in [0, 0.1) is 0 Å². The van der Waals surface area contributed by atoms with Gasteiger partial charge < -0.3 is 21.1 Å². The van der Waals surface area contributed by atoms with E-state index in [1.165, 1.54) is 0 Å². The number of carbonyl (C=O) groups excluding carboxylic acids is 1. The molecule has 6 heteroatoms. The molecule has 1 heterocycles. The average molecular weight is 298 g/mol. The minimum atomic E-state index is -0.509. The van der Waals surface area contributed by atoms with Gasteiger partial charge in [0.15, 0.2) is 0 Å². The van der Waals surface area contributed by atoms with E-state index in [1.54, 1.807) is 18.2 Å². The van der Waals surface area contributed by atoms with Crippen LogP contribution in [0.3, 0.4) is 0 Å².